The van der Waals surface area contributed by atoms with Crippen molar-refractivity contribution >= 4 is 39.7 Å². The molecule has 7 heteroatoms. The Morgan fingerprint density at radius 3 is 2.06 bits per heavy atom. The average molecular weight is 477 g/mol. The Morgan fingerprint density at radius 1 is 0.839 bits per heavy atom. The van der Waals surface area contributed by atoms with Crippen LogP contribution in [0.4, 0.5) is 5.69 Å². The Kier molecular flexibility index (Phi) is 8.00. The van der Waals surface area contributed by atoms with Crippen LogP contribution in [0.15, 0.2) is 89.8 Å². The van der Waals surface area contributed by atoms with E-state index in [0.29, 0.717) is 28.1 Å². The van der Waals surface area contributed by atoms with Crippen molar-refractivity contribution in [2.75, 3.05) is 23.9 Å². The predicted molar refractivity (Wildman–Crippen MR) is 130 cm³/mol. The molecule has 3 aromatic carbocycles. The summed E-state index contributed by atoms with van der Waals surface area (Å²) in [6, 6.07) is 26.0. The summed E-state index contributed by atoms with van der Waals surface area (Å²) in [7, 11) is -3.69. The highest BCUT2D eigenvalue weighted by molar-refractivity contribution is 7.92. The quantitative estimate of drug-likeness (QED) is 0.519. The van der Waals surface area contributed by atoms with Gasteiger partial charge in [0.05, 0.1) is 10.6 Å². The minimum absolute atomic E-state index is 0. The Balaban J connectivity index is 0.00000272. The molecule has 164 valence electrons. The molecule has 0 unspecified atom stereocenters. The van der Waals surface area contributed by atoms with Crippen molar-refractivity contribution in [2.45, 2.75) is 11.3 Å². The van der Waals surface area contributed by atoms with Gasteiger partial charge in [0.25, 0.3) is 10.0 Å². The van der Waals surface area contributed by atoms with Crippen molar-refractivity contribution in [3.8, 4) is 0 Å². The van der Waals surface area contributed by atoms with Gasteiger partial charge in [0.15, 0.2) is 0 Å². The van der Waals surface area contributed by atoms with Gasteiger partial charge in [-0.05, 0) is 66.8 Å². The number of hydrogen-bond donors (Lipinski definition) is 1. The van der Waals surface area contributed by atoms with E-state index >= 15 is 0 Å². The van der Waals surface area contributed by atoms with E-state index in [2.05, 4.69) is 17.4 Å². The molecule has 0 amide bonds. The van der Waals surface area contributed by atoms with Gasteiger partial charge in [-0.15, -0.1) is 12.4 Å². The third kappa shape index (κ3) is 5.60. The Labute approximate surface area is 195 Å². The van der Waals surface area contributed by atoms with Gasteiger partial charge >= 0.3 is 0 Å². The number of anilines is 1. The van der Waals surface area contributed by atoms with Crippen LogP contribution in [-0.2, 0) is 16.4 Å². The lowest BCUT2D eigenvalue weighted by Gasteiger charge is -2.29. The van der Waals surface area contributed by atoms with Crippen LogP contribution in [0.25, 0.3) is 0 Å². The smallest absolute Gasteiger partial charge is 0.264 e. The lowest BCUT2D eigenvalue weighted by atomic mass is 9.89. The van der Waals surface area contributed by atoms with E-state index in [1.54, 1.807) is 48.5 Å². The molecule has 1 heterocycles. The molecule has 3 aromatic rings. The maximum atomic E-state index is 13.5. The van der Waals surface area contributed by atoms with E-state index in [1.165, 1.54) is 9.87 Å². The molecule has 1 fully saturated rings. The Hall–Kier alpha value is -2.05. The van der Waals surface area contributed by atoms with Crippen molar-refractivity contribution in [3.63, 3.8) is 0 Å². The van der Waals surface area contributed by atoms with Crippen LogP contribution in [0.2, 0.25) is 5.02 Å². The fraction of sp³-hybridized carbons (Fsp3) is 0.250. The van der Waals surface area contributed by atoms with E-state index < -0.39 is 10.0 Å². The lowest BCUT2D eigenvalue weighted by molar-refractivity contribution is 0.425. The molecule has 1 N–H and O–H groups in total. The SMILES string of the molecule is Cl.O=S(=O)(c1ccccc1)N(C[C@H]1CNC[C@@H]1Cc1ccccc1)c1ccc(Cl)cc1. The lowest BCUT2D eigenvalue weighted by Crippen LogP contribution is -2.38. The van der Waals surface area contributed by atoms with Crippen LogP contribution < -0.4 is 9.62 Å². The molecule has 0 aliphatic carbocycles. The molecule has 0 aromatic heterocycles. The number of nitrogens with one attached hydrogen (secondary N) is 1. The second-order valence-electron chi connectivity index (χ2n) is 7.69. The normalized spacial score (nSPS) is 18.4. The molecule has 1 saturated heterocycles. The molecule has 1 aliphatic rings. The highest BCUT2D eigenvalue weighted by atomic mass is 35.5. The predicted octanol–water partition coefficient (Wildman–Crippen LogP) is 5.04. The minimum atomic E-state index is -3.69. The second-order valence-corrected chi connectivity index (χ2v) is 9.99. The van der Waals surface area contributed by atoms with Crippen LogP contribution in [0.1, 0.15) is 5.56 Å². The first kappa shape index (κ1) is 23.6. The van der Waals surface area contributed by atoms with Crippen LogP contribution >= 0.6 is 24.0 Å². The van der Waals surface area contributed by atoms with Crippen molar-refractivity contribution < 1.29 is 8.42 Å². The topological polar surface area (TPSA) is 49.4 Å². The highest BCUT2D eigenvalue weighted by Crippen LogP contribution is 2.30. The van der Waals surface area contributed by atoms with E-state index in [1.807, 2.05) is 24.3 Å². The number of nitrogens with zero attached hydrogens (tertiary/aromatic N) is 1. The fourth-order valence-electron chi connectivity index (χ4n) is 4.04. The van der Waals surface area contributed by atoms with E-state index in [-0.39, 0.29) is 18.3 Å². The number of halogens is 2. The van der Waals surface area contributed by atoms with Crippen LogP contribution in [-0.4, -0.2) is 28.1 Å². The Bertz CT molecular complexity index is 1060. The first-order chi connectivity index (χ1) is 14.5. The van der Waals surface area contributed by atoms with Crippen molar-refractivity contribution in [2.24, 2.45) is 11.8 Å². The molecule has 0 bridgehead atoms. The molecule has 1 aliphatic heterocycles. The number of hydrogen-bond acceptors (Lipinski definition) is 3. The summed E-state index contributed by atoms with van der Waals surface area (Å²) in [5.74, 6) is 0.576. The second kappa shape index (κ2) is 10.5. The first-order valence-corrected chi connectivity index (χ1v) is 11.9. The maximum Gasteiger partial charge on any atom is 0.264 e. The standard InChI is InChI=1S/C24H25ClN2O2S.ClH/c25-22-11-13-23(14-12-22)27(30(28,29)24-9-5-2-6-10-24)18-21-17-26-16-20(21)15-19-7-3-1-4-8-19;/h1-14,20-21,26H,15-18H2;1H/t20-,21+;/m0./s1. The zero-order valence-corrected chi connectivity index (χ0v) is 19.4. The van der Waals surface area contributed by atoms with Gasteiger partial charge in [0.1, 0.15) is 0 Å². The average Bonchev–Trinajstić information content (AvgIpc) is 3.21. The summed E-state index contributed by atoms with van der Waals surface area (Å²) in [6.07, 6.45) is 0.929. The number of benzene rings is 3. The van der Waals surface area contributed by atoms with Crippen molar-refractivity contribution in [1.29, 1.82) is 0 Å². The van der Waals surface area contributed by atoms with E-state index in [4.69, 9.17) is 11.6 Å². The number of sulfonamides is 1. The van der Waals surface area contributed by atoms with Gasteiger partial charge in [-0.1, -0.05) is 60.1 Å². The molecule has 0 radical (unpaired) electrons. The van der Waals surface area contributed by atoms with Crippen LogP contribution in [0.3, 0.4) is 0 Å². The Morgan fingerprint density at radius 2 is 1.42 bits per heavy atom. The van der Waals surface area contributed by atoms with Gasteiger partial charge in [0, 0.05) is 18.1 Å². The largest absolute Gasteiger partial charge is 0.316 e. The van der Waals surface area contributed by atoms with Gasteiger partial charge < -0.3 is 5.32 Å². The number of rotatable bonds is 7. The summed E-state index contributed by atoms with van der Waals surface area (Å²) in [5.41, 5.74) is 1.91. The highest BCUT2D eigenvalue weighted by Gasteiger charge is 2.33. The van der Waals surface area contributed by atoms with Crippen LogP contribution in [0, 0.1) is 11.8 Å². The summed E-state index contributed by atoms with van der Waals surface area (Å²) >= 11 is 6.05. The minimum Gasteiger partial charge on any atom is -0.316 e. The van der Waals surface area contributed by atoms with Gasteiger partial charge in [-0.3, -0.25) is 4.31 Å². The van der Waals surface area contributed by atoms with Gasteiger partial charge in [0.2, 0.25) is 0 Å². The third-order valence-corrected chi connectivity index (χ3v) is 7.73. The first-order valence-electron chi connectivity index (χ1n) is 10.1. The molecule has 31 heavy (non-hydrogen) atoms. The molecule has 4 nitrogen and oxygen atoms in total. The van der Waals surface area contributed by atoms with Gasteiger partial charge in [-0.25, -0.2) is 8.42 Å². The zero-order valence-electron chi connectivity index (χ0n) is 17.0. The van der Waals surface area contributed by atoms with Crippen molar-refractivity contribution in [3.05, 3.63) is 95.5 Å². The van der Waals surface area contributed by atoms with Gasteiger partial charge in [-0.2, -0.15) is 0 Å². The summed E-state index contributed by atoms with van der Waals surface area (Å²) in [5, 5.41) is 4.04. The maximum absolute atomic E-state index is 13.5. The summed E-state index contributed by atoms with van der Waals surface area (Å²) in [6.45, 7) is 2.11. The molecule has 2 atom stereocenters. The van der Waals surface area contributed by atoms with E-state index in [0.717, 1.165) is 19.5 Å². The molecule has 4 rings (SSSR count). The van der Waals surface area contributed by atoms with Crippen molar-refractivity contribution in [1.82, 2.24) is 5.32 Å². The fourth-order valence-corrected chi connectivity index (χ4v) is 5.71. The third-order valence-electron chi connectivity index (χ3n) is 5.67. The van der Waals surface area contributed by atoms with Crippen LogP contribution in [0.5, 0.6) is 0 Å². The monoisotopic (exact) mass is 476 g/mol. The summed E-state index contributed by atoms with van der Waals surface area (Å²) in [4.78, 5) is 0.297. The van der Waals surface area contributed by atoms with E-state index in [9.17, 15) is 8.42 Å². The molecule has 0 saturated carbocycles. The molecular formula is C24H26Cl2N2O2S. The molecular weight excluding hydrogens is 451 g/mol. The molecule has 0 spiro atoms. The zero-order chi connectivity index (χ0) is 21.0. The summed E-state index contributed by atoms with van der Waals surface area (Å²) < 4.78 is 28.6.